The second-order valence-corrected chi connectivity index (χ2v) is 4.27. The molecular formula is C6H12O9S. The number of hydrogen-bond donors (Lipinski definition) is 5. The molecular weight excluding hydrogens is 248 g/mol. The second kappa shape index (κ2) is 4.89. The maximum absolute atomic E-state index is 10.4. The van der Waals surface area contributed by atoms with Gasteiger partial charge in [0.05, 0.1) is 6.61 Å². The van der Waals surface area contributed by atoms with Gasteiger partial charge in [-0.1, -0.05) is 0 Å². The van der Waals surface area contributed by atoms with Crippen molar-refractivity contribution in [3.05, 3.63) is 0 Å². The van der Waals surface area contributed by atoms with Crippen LogP contribution in [0.2, 0.25) is 0 Å². The SMILES string of the molecule is O=S(=O)(O)O[C@@H]1O[C@H](CO)[C@@H](O)[C@H](O)[C@H]1O. The molecule has 0 spiro atoms. The van der Waals surface area contributed by atoms with E-state index in [0.29, 0.717) is 0 Å². The van der Waals surface area contributed by atoms with Gasteiger partial charge in [0.2, 0.25) is 6.29 Å². The average molecular weight is 260 g/mol. The van der Waals surface area contributed by atoms with E-state index in [-0.39, 0.29) is 0 Å². The van der Waals surface area contributed by atoms with E-state index in [4.69, 9.17) is 9.66 Å². The lowest BCUT2D eigenvalue weighted by atomic mass is 10.00. The topological polar surface area (TPSA) is 154 Å². The molecule has 5 atom stereocenters. The summed E-state index contributed by atoms with van der Waals surface area (Å²) in [5.41, 5.74) is 0. The number of ether oxygens (including phenoxy) is 1. The van der Waals surface area contributed by atoms with Gasteiger partial charge in [0.15, 0.2) is 0 Å². The van der Waals surface area contributed by atoms with Gasteiger partial charge in [-0.2, -0.15) is 8.42 Å². The van der Waals surface area contributed by atoms with Gasteiger partial charge in [-0.25, -0.2) is 4.18 Å². The summed E-state index contributed by atoms with van der Waals surface area (Å²) < 4.78 is 37.6. The van der Waals surface area contributed by atoms with Crippen molar-refractivity contribution in [3.63, 3.8) is 0 Å². The number of aliphatic hydroxyl groups excluding tert-OH is 4. The highest BCUT2D eigenvalue weighted by atomic mass is 32.3. The van der Waals surface area contributed by atoms with Crippen LogP contribution in [0.15, 0.2) is 0 Å². The first-order valence-electron chi connectivity index (χ1n) is 4.22. The molecule has 0 aromatic heterocycles. The van der Waals surface area contributed by atoms with E-state index in [0.717, 1.165) is 0 Å². The molecule has 1 fully saturated rings. The minimum Gasteiger partial charge on any atom is -0.394 e. The van der Waals surface area contributed by atoms with Crippen molar-refractivity contribution in [2.45, 2.75) is 30.7 Å². The zero-order valence-corrected chi connectivity index (χ0v) is 8.69. The summed E-state index contributed by atoms with van der Waals surface area (Å²) >= 11 is 0. The normalized spacial score (nSPS) is 40.9. The van der Waals surface area contributed by atoms with Crippen LogP contribution in [-0.4, -0.2) is 70.7 Å². The van der Waals surface area contributed by atoms with Gasteiger partial charge in [0, 0.05) is 0 Å². The van der Waals surface area contributed by atoms with Crippen LogP contribution in [0.4, 0.5) is 0 Å². The van der Waals surface area contributed by atoms with E-state index in [2.05, 4.69) is 8.92 Å². The fourth-order valence-corrected chi connectivity index (χ4v) is 1.67. The summed E-state index contributed by atoms with van der Waals surface area (Å²) in [7, 11) is -4.89. The molecule has 9 nitrogen and oxygen atoms in total. The first-order valence-corrected chi connectivity index (χ1v) is 5.59. The highest BCUT2D eigenvalue weighted by Gasteiger charge is 2.45. The molecule has 0 saturated carbocycles. The molecule has 10 heteroatoms. The summed E-state index contributed by atoms with van der Waals surface area (Å²) in [5.74, 6) is 0. The Morgan fingerprint density at radius 1 is 1.12 bits per heavy atom. The van der Waals surface area contributed by atoms with Crippen molar-refractivity contribution < 1.29 is 42.3 Å². The van der Waals surface area contributed by atoms with Crippen molar-refractivity contribution in [2.75, 3.05) is 6.61 Å². The second-order valence-electron chi connectivity index (χ2n) is 3.22. The van der Waals surface area contributed by atoms with Gasteiger partial charge < -0.3 is 25.2 Å². The third-order valence-corrected chi connectivity index (χ3v) is 2.50. The Hall–Kier alpha value is -0.330. The van der Waals surface area contributed by atoms with E-state index in [1.54, 1.807) is 0 Å². The largest absolute Gasteiger partial charge is 0.399 e. The van der Waals surface area contributed by atoms with Crippen LogP contribution in [0.1, 0.15) is 0 Å². The van der Waals surface area contributed by atoms with Crippen LogP contribution in [0, 0.1) is 0 Å². The van der Waals surface area contributed by atoms with E-state index < -0.39 is 47.7 Å². The van der Waals surface area contributed by atoms with Crippen molar-refractivity contribution in [1.82, 2.24) is 0 Å². The fourth-order valence-electron chi connectivity index (χ4n) is 1.27. The molecule has 0 radical (unpaired) electrons. The van der Waals surface area contributed by atoms with E-state index in [1.165, 1.54) is 0 Å². The number of aliphatic hydroxyl groups is 4. The van der Waals surface area contributed by atoms with Gasteiger partial charge >= 0.3 is 10.4 Å². The van der Waals surface area contributed by atoms with Gasteiger partial charge in [-0.3, -0.25) is 4.55 Å². The molecule has 0 unspecified atom stereocenters. The predicted octanol–water partition coefficient (Wildman–Crippen LogP) is -3.39. The Morgan fingerprint density at radius 3 is 2.12 bits per heavy atom. The number of hydrogen-bond acceptors (Lipinski definition) is 8. The lowest BCUT2D eigenvalue weighted by molar-refractivity contribution is -0.277. The Kier molecular flexibility index (Phi) is 4.20. The van der Waals surface area contributed by atoms with Gasteiger partial charge in [0.25, 0.3) is 0 Å². The van der Waals surface area contributed by atoms with E-state index >= 15 is 0 Å². The molecule has 0 bridgehead atoms. The molecule has 5 N–H and O–H groups in total. The fraction of sp³-hybridized carbons (Fsp3) is 1.00. The quantitative estimate of drug-likeness (QED) is 0.327. The predicted molar refractivity (Wildman–Crippen MR) is 46.4 cm³/mol. The molecule has 0 aliphatic carbocycles. The Morgan fingerprint density at radius 2 is 1.69 bits per heavy atom. The van der Waals surface area contributed by atoms with Crippen LogP contribution in [0.3, 0.4) is 0 Å². The summed E-state index contributed by atoms with van der Waals surface area (Å²) in [6.45, 7) is -0.726. The van der Waals surface area contributed by atoms with Gasteiger partial charge in [-0.05, 0) is 0 Å². The highest BCUT2D eigenvalue weighted by Crippen LogP contribution is 2.22. The van der Waals surface area contributed by atoms with Crippen molar-refractivity contribution in [3.8, 4) is 0 Å². The smallest absolute Gasteiger partial charge is 0.394 e. The third kappa shape index (κ3) is 3.09. The van der Waals surface area contributed by atoms with Crippen LogP contribution >= 0.6 is 0 Å². The van der Waals surface area contributed by atoms with Crippen molar-refractivity contribution in [1.29, 1.82) is 0 Å². The van der Waals surface area contributed by atoms with Gasteiger partial charge in [-0.15, -0.1) is 0 Å². The molecule has 0 amide bonds. The van der Waals surface area contributed by atoms with Crippen LogP contribution in [0.5, 0.6) is 0 Å². The minimum atomic E-state index is -4.89. The van der Waals surface area contributed by atoms with Crippen molar-refractivity contribution in [2.24, 2.45) is 0 Å². The lowest BCUT2D eigenvalue weighted by Crippen LogP contribution is -2.59. The van der Waals surface area contributed by atoms with Gasteiger partial charge in [0.1, 0.15) is 24.4 Å². The molecule has 1 heterocycles. The Balaban J connectivity index is 2.79. The first kappa shape index (κ1) is 13.7. The summed E-state index contributed by atoms with van der Waals surface area (Å²) in [6.07, 6.45) is -8.46. The lowest BCUT2D eigenvalue weighted by Gasteiger charge is -2.38. The molecule has 96 valence electrons. The average Bonchev–Trinajstić information content (AvgIpc) is 2.17. The molecule has 1 aliphatic rings. The molecule has 0 aromatic rings. The first-order chi connectivity index (χ1) is 7.26. The van der Waals surface area contributed by atoms with Crippen LogP contribution in [-0.2, 0) is 19.3 Å². The maximum atomic E-state index is 10.4. The zero-order chi connectivity index (χ0) is 12.5. The molecule has 0 aromatic carbocycles. The summed E-state index contributed by atoms with van der Waals surface area (Å²) in [6, 6.07) is 0. The Bertz CT molecular complexity index is 325. The maximum Gasteiger partial charge on any atom is 0.399 e. The standard InChI is InChI=1S/C6H12O9S/c7-1-2-3(8)4(9)5(10)6(14-2)15-16(11,12)13/h2-10H,1H2,(H,11,12,13)/t2-,3-,4+,5-,6+/m1/s1. The molecule has 1 aliphatic heterocycles. The molecule has 1 saturated heterocycles. The van der Waals surface area contributed by atoms with E-state index in [9.17, 15) is 23.7 Å². The summed E-state index contributed by atoms with van der Waals surface area (Å²) in [4.78, 5) is 0. The Labute approximate surface area is 90.8 Å². The van der Waals surface area contributed by atoms with Crippen LogP contribution in [0.25, 0.3) is 0 Å². The van der Waals surface area contributed by atoms with E-state index in [1.807, 2.05) is 0 Å². The molecule has 16 heavy (non-hydrogen) atoms. The monoisotopic (exact) mass is 260 g/mol. The highest BCUT2D eigenvalue weighted by molar-refractivity contribution is 7.80. The zero-order valence-electron chi connectivity index (χ0n) is 7.87. The third-order valence-electron chi connectivity index (χ3n) is 2.06. The molecule has 1 rings (SSSR count). The van der Waals surface area contributed by atoms with Crippen LogP contribution < -0.4 is 0 Å². The van der Waals surface area contributed by atoms with Crippen molar-refractivity contribution >= 4 is 10.4 Å². The minimum absolute atomic E-state index is 0.726. The number of rotatable bonds is 3. The summed E-state index contributed by atoms with van der Waals surface area (Å²) in [5, 5.41) is 36.5.